The molecule has 1 aliphatic rings. The minimum absolute atomic E-state index is 0.0932. The van der Waals surface area contributed by atoms with Gasteiger partial charge in [-0.05, 0) is 49.4 Å². The predicted octanol–water partition coefficient (Wildman–Crippen LogP) is 3.26. The molecule has 32 heavy (non-hydrogen) atoms. The summed E-state index contributed by atoms with van der Waals surface area (Å²) in [5.41, 5.74) is 0. The molecule has 2 aromatic rings. The molecule has 2 N–H and O–H groups in total. The fourth-order valence-corrected chi connectivity index (χ4v) is 3.29. The SMILES string of the molecule is COC(=O)[C@@H](CC(C)C)Nc1nc(NCC2CCCO2)nc(Oc2ccc(OC)cc2)n1. The number of hydrogen-bond acceptors (Lipinski definition) is 10. The van der Waals surface area contributed by atoms with E-state index in [0.29, 0.717) is 30.4 Å². The van der Waals surface area contributed by atoms with Gasteiger partial charge in [0.25, 0.3) is 0 Å². The number of anilines is 2. The number of nitrogens with zero attached hydrogens (tertiary/aromatic N) is 3. The molecule has 1 aliphatic heterocycles. The Balaban J connectivity index is 1.81. The first-order valence-corrected chi connectivity index (χ1v) is 10.7. The van der Waals surface area contributed by atoms with E-state index in [9.17, 15) is 4.79 Å². The van der Waals surface area contributed by atoms with Crippen molar-refractivity contribution in [3.8, 4) is 17.5 Å². The fourth-order valence-electron chi connectivity index (χ4n) is 3.29. The molecule has 0 bridgehead atoms. The summed E-state index contributed by atoms with van der Waals surface area (Å²) in [4.78, 5) is 25.4. The molecule has 0 radical (unpaired) electrons. The molecule has 0 saturated carbocycles. The summed E-state index contributed by atoms with van der Waals surface area (Å²) < 4.78 is 21.6. The van der Waals surface area contributed by atoms with E-state index in [0.717, 1.165) is 19.4 Å². The maximum absolute atomic E-state index is 12.2. The molecule has 174 valence electrons. The first-order chi connectivity index (χ1) is 15.5. The van der Waals surface area contributed by atoms with Crippen LogP contribution in [-0.4, -0.2) is 60.4 Å². The molecule has 10 nitrogen and oxygen atoms in total. The van der Waals surface area contributed by atoms with Crippen molar-refractivity contribution in [1.29, 1.82) is 0 Å². The number of esters is 1. The van der Waals surface area contributed by atoms with Gasteiger partial charge >= 0.3 is 12.0 Å². The summed E-state index contributed by atoms with van der Waals surface area (Å²) in [6.45, 7) is 5.38. The molecule has 1 aromatic heterocycles. The molecule has 2 atom stereocenters. The number of rotatable bonds is 11. The van der Waals surface area contributed by atoms with E-state index in [1.54, 1.807) is 31.4 Å². The monoisotopic (exact) mass is 445 g/mol. The molecule has 2 heterocycles. The van der Waals surface area contributed by atoms with Gasteiger partial charge in [-0.3, -0.25) is 0 Å². The van der Waals surface area contributed by atoms with Crippen LogP contribution in [0.4, 0.5) is 11.9 Å². The van der Waals surface area contributed by atoms with Crippen LogP contribution in [0.1, 0.15) is 33.1 Å². The molecule has 3 rings (SSSR count). The molecular weight excluding hydrogens is 414 g/mol. The zero-order chi connectivity index (χ0) is 22.9. The van der Waals surface area contributed by atoms with Gasteiger partial charge < -0.3 is 29.6 Å². The lowest BCUT2D eigenvalue weighted by Crippen LogP contribution is -2.33. The van der Waals surface area contributed by atoms with Crippen molar-refractivity contribution >= 4 is 17.9 Å². The number of aromatic nitrogens is 3. The Morgan fingerprint density at radius 2 is 1.84 bits per heavy atom. The Bertz CT molecular complexity index is 872. The number of hydrogen-bond donors (Lipinski definition) is 2. The van der Waals surface area contributed by atoms with Crippen LogP contribution in [0.15, 0.2) is 24.3 Å². The van der Waals surface area contributed by atoms with Gasteiger partial charge in [0.2, 0.25) is 11.9 Å². The fraction of sp³-hybridized carbons (Fsp3) is 0.545. The molecule has 0 aliphatic carbocycles. The third kappa shape index (κ3) is 6.94. The van der Waals surface area contributed by atoms with E-state index < -0.39 is 6.04 Å². The first kappa shape index (κ1) is 23.5. The van der Waals surface area contributed by atoms with Gasteiger partial charge in [-0.1, -0.05) is 13.8 Å². The van der Waals surface area contributed by atoms with Crippen molar-refractivity contribution in [2.24, 2.45) is 5.92 Å². The summed E-state index contributed by atoms with van der Waals surface area (Å²) >= 11 is 0. The van der Waals surface area contributed by atoms with Crippen molar-refractivity contribution in [2.75, 3.05) is 38.0 Å². The zero-order valence-corrected chi connectivity index (χ0v) is 19.0. The largest absolute Gasteiger partial charge is 0.497 e. The Labute approximate surface area is 188 Å². The molecule has 10 heteroatoms. The van der Waals surface area contributed by atoms with Crippen molar-refractivity contribution in [3.05, 3.63) is 24.3 Å². The molecule has 0 amide bonds. The number of nitrogens with one attached hydrogen (secondary N) is 2. The molecular formula is C22H31N5O5. The van der Waals surface area contributed by atoms with Gasteiger partial charge in [-0.2, -0.15) is 15.0 Å². The smallest absolute Gasteiger partial charge is 0.328 e. The van der Waals surface area contributed by atoms with Crippen LogP contribution in [-0.2, 0) is 14.3 Å². The lowest BCUT2D eigenvalue weighted by atomic mass is 10.0. The van der Waals surface area contributed by atoms with Crippen molar-refractivity contribution < 1.29 is 23.7 Å². The quantitative estimate of drug-likeness (QED) is 0.499. The lowest BCUT2D eigenvalue weighted by molar-refractivity contribution is -0.141. The number of methoxy groups -OCH3 is 2. The van der Waals surface area contributed by atoms with E-state index in [2.05, 4.69) is 25.6 Å². The highest BCUT2D eigenvalue weighted by Gasteiger charge is 2.23. The van der Waals surface area contributed by atoms with Gasteiger partial charge in [0.05, 0.1) is 20.3 Å². The highest BCUT2D eigenvalue weighted by molar-refractivity contribution is 5.78. The normalized spacial score (nSPS) is 16.5. The van der Waals surface area contributed by atoms with E-state index in [1.807, 2.05) is 13.8 Å². The van der Waals surface area contributed by atoms with Crippen molar-refractivity contribution in [2.45, 2.75) is 45.3 Å². The summed E-state index contributed by atoms with van der Waals surface area (Å²) in [6.07, 6.45) is 2.69. The predicted molar refractivity (Wildman–Crippen MR) is 119 cm³/mol. The Kier molecular flexibility index (Phi) is 8.43. The van der Waals surface area contributed by atoms with Gasteiger partial charge in [-0.25, -0.2) is 4.79 Å². The standard InChI is InChI=1S/C22H31N5O5/c1-14(2)12-18(19(28)30-4)24-21-25-20(23-13-17-6-5-11-31-17)26-22(27-21)32-16-9-7-15(29-3)8-10-16/h7-10,14,17-18H,5-6,11-13H2,1-4H3,(H2,23,24,25,26,27)/t17?,18-/m1/s1. The van der Waals surface area contributed by atoms with E-state index in [4.69, 9.17) is 18.9 Å². The second-order valence-electron chi connectivity index (χ2n) is 7.91. The number of carbonyl (C=O) groups is 1. The number of ether oxygens (including phenoxy) is 4. The van der Waals surface area contributed by atoms with Crippen LogP contribution in [0.3, 0.4) is 0 Å². The Morgan fingerprint density at radius 3 is 2.47 bits per heavy atom. The summed E-state index contributed by atoms with van der Waals surface area (Å²) in [5.74, 6) is 1.68. The molecule has 1 saturated heterocycles. The van der Waals surface area contributed by atoms with Crippen molar-refractivity contribution in [3.63, 3.8) is 0 Å². The third-order valence-electron chi connectivity index (χ3n) is 4.89. The van der Waals surface area contributed by atoms with E-state index in [-0.39, 0.29) is 29.9 Å². The number of carbonyl (C=O) groups excluding carboxylic acids is 1. The van der Waals surface area contributed by atoms with Crippen LogP contribution < -0.4 is 20.1 Å². The summed E-state index contributed by atoms with van der Waals surface area (Å²) in [7, 11) is 2.96. The highest BCUT2D eigenvalue weighted by Crippen LogP contribution is 2.23. The molecule has 0 spiro atoms. The van der Waals surface area contributed by atoms with Crippen LogP contribution >= 0.6 is 0 Å². The van der Waals surface area contributed by atoms with E-state index >= 15 is 0 Å². The maximum Gasteiger partial charge on any atom is 0.328 e. The second-order valence-corrected chi connectivity index (χ2v) is 7.91. The van der Waals surface area contributed by atoms with Crippen LogP contribution in [0, 0.1) is 5.92 Å². The van der Waals surface area contributed by atoms with Gasteiger partial charge in [0.15, 0.2) is 0 Å². The van der Waals surface area contributed by atoms with E-state index in [1.165, 1.54) is 7.11 Å². The number of benzene rings is 1. The second kappa shape index (κ2) is 11.5. The van der Waals surface area contributed by atoms with Crippen LogP contribution in [0.5, 0.6) is 17.5 Å². The third-order valence-corrected chi connectivity index (χ3v) is 4.89. The Morgan fingerprint density at radius 1 is 1.12 bits per heavy atom. The molecule has 1 unspecified atom stereocenters. The summed E-state index contributed by atoms with van der Waals surface area (Å²) in [6, 6.07) is 6.57. The summed E-state index contributed by atoms with van der Waals surface area (Å²) in [5, 5.41) is 6.25. The van der Waals surface area contributed by atoms with Crippen molar-refractivity contribution in [1.82, 2.24) is 15.0 Å². The topological polar surface area (TPSA) is 117 Å². The van der Waals surface area contributed by atoms with Gasteiger partial charge in [0.1, 0.15) is 17.5 Å². The van der Waals surface area contributed by atoms with Gasteiger partial charge in [0, 0.05) is 13.2 Å². The zero-order valence-electron chi connectivity index (χ0n) is 19.0. The molecule has 1 fully saturated rings. The average Bonchev–Trinajstić information content (AvgIpc) is 3.30. The lowest BCUT2D eigenvalue weighted by Gasteiger charge is -2.19. The molecule has 1 aromatic carbocycles. The average molecular weight is 446 g/mol. The Hall–Kier alpha value is -3.14. The van der Waals surface area contributed by atoms with Crippen LogP contribution in [0.25, 0.3) is 0 Å². The minimum atomic E-state index is -0.595. The highest BCUT2D eigenvalue weighted by atomic mass is 16.5. The van der Waals surface area contributed by atoms with Gasteiger partial charge in [-0.15, -0.1) is 0 Å². The first-order valence-electron chi connectivity index (χ1n) is 10.7. The minimum Gasteiger partial charge on any atom is -0.497 e. The maximum atomic E-state index is 12.2. The van der Waals surface area contributed by atoms with Crippen LogP contribution in [0.2, 0.25) is 0 Å².